The summed E-state index contributed by atoms with van der Waals surface area (Å²) in [5.41, 5.74) is 0. The van der Waals surface area contributed by atoms with Crippen LogP contribution >= 0.6 is 0 Å². The summed E-state index contributed by atoms with van der Waals surface area (Å²) in [7, 11) is 1.78. The third-order valence-corrected chi connectivity index (χ3v) is 2.84. The molecule has 100 valence electrons. The van der Waals surface area contributed by atoms with Gasteiger partial charge in [0.05, 0.1) is 13.2 Å². The van der Waals surface area contributed by atoms with Gasteiger partial charge in [0.15, 0.2) is 0 Å². The van der Waals surface area contributed by atoms with Gasteiger partial charge in [0, 0.05) is 32.5 Å². The third kappa shape index (κ3) is 2.48. The van der Waals surface area contributed by atoms with Crippen LogP contribution in [-0.2, 0) is 4.74 Å². The highest BCUT2D eigenvalue weighted by atomic mass is 16.5. The summed E-state index contributed by atoms with van der Waals surface area (Å²) in [6.07, 6.45) is 3.50. The summed E-state index contributed by atoms with van der Waals surface area (Å²) in [6, 6.07) is 1.83. The number of aromatic nitrogens is 5. The zero-order chi connectivity index (χ0) is 13.1. The summed E-state index contributed by atoms with van der Waals surface area (Å²) in [6.45, 7) is 2.95. The minimum Gasteiger partial charge on any atom is -0.378 e. The largest absolute Gasteiger partial charge is 0.378 e. The highest BCUT2D eigenvalue weighted by molar-refractivity contribution is 5.39. The van der Waals surface area contributed by atoms with E-state index in [-0.39, 0.29) is 0 Å². The van der Waals surface area contributed by atoms with Crippen LogP contribution in [0.15, 0.2) is 18.5 Å². The molecular formula is C11H15N7O. The molecule has 1 N–H and O–H groups in total. The van der Waals surface area contributed by atoms with E-state index in [1.807, 2.05) is 6.07 Å². The number of morpholine rings is 1. The maximum atomic E-state index is 5.33. The van der Waals surface area contributed by atoms with Gasteiger partial charge in [0.2, 0.25) is 11.9 Å². The molecule has 1 saturated heterocycles. The second-order valence-corrected chi connectivity index (χ2v) is 4.06. The second kappa shape index (κ2) is 5.19. The van der Waals surface area contributed by atoms with Crippen molar-refractivity contribution in [1.29, 1.82) is 0 Å². The van der Waals surface area contributed by atoms with Crippen molar-refractivity contribution < 1.29 is 4.74 Å². The molecule has 0 spiro atoms. The molecule has 2 aromatic heterocycles. The summed E-state index contributed by atoms with van der Waals surface area (Å²) < 4.78 is 6.95. The molecule has 0 amide bonds. The van der Waals surface area contributed by atoms with Crippen LogP contribution in [0.5, 0.6) is 0 Å². The van der Waals surface area contributed by atoms with E-state index in [1.54, 1.807) is 24.1 Å². The fourth-order valence-electron chi connectivity index (χ4n) is 1.86. The average Bonchev–Trinajstić information content (AvgIpc) is 3.02. The van der Waals surface area contributed by atoms with Crippen molar-refractivity contribution in [2.45, 2.75) is 0 Å². The van der Waals surface area contributed by atoms with E-state index in [2.05, 4.69) is 30.3 Å². The zero-order valence-electron chi connectivity index (χ0n) is 10.7. The molecule has 8 nitrogen and oxygen atoms in total. The van der Waals surface area contributed by atoms with Crippen LogP contribution in [0.2, 0.25) is 0 Å². The molecule has 0 aliphatic carbocycles. The Hall–Kier alpha value is -2.22. The van der Waals surface area contributed by atoms with Crippen LogP contribution in [0.4, 0.5) is 11.9 Å². The van der Waals surface area contributed by atoms with Crippen LogP contribution in [0.1, 0.15) is 0 Å². The highest BCUT2D eigenvalue weighted by Gasteiger charge is 2.16. The van der Waals surface area contributed by atoms with Gasteiger partial charge < -0.3 is 15.0 Å². The van der Waals surface area contributed by atoms with Crippen molar-refractivity contribution >= 4 is 11.9 Å². The molecule has 0 saturated carbocycles. The van der Waals surface area contributed by atoms with Crippen molar-refractivity contribution in [2.75, 3.05) is 43.6 Å². The van der Waals surface area contributed by atoms with Gasteiger partial charge in [-0.25, -0.2) is 4.68 Å². The third-order valence-electron chi connectivity index (χ3n) is 2.84. The Kier molecular flexibility index (Phi) is 3.23. The molecular weight excluding hydrogens is 246 g/mol. The number of ether oxygens (including phenoxy) is 1. The van der Waals surface area contributed by atoms with Crippen molar-refractivity contribution in [3.05, 3.63) is 18.5 Å². The lowest BCUT2D eigenvalue weighted by Gasteiger charge is -2.26. The number of anilines is 2. The average molecular weight is 261 g/mol. The Bertz CT molecular complexity index is 536. The van der Waals surface area contributed by atoms with Crippen LogP contribution in [-0.4, -0.2) is 58.1 Å². The van der Waals surface area contributed by atoms with Crippen molar-refractivity contribution in [1.82, 2.24) is 24.7 Å². The fraction of sp³-hybridized carbons (Fsp3) is 0.455. The Morgan fingerprint density at radius 2 is 1.95 bits per heavy atom. The van der Waals surface area contributed by atoms with Crippen LogP contribution in [0.25, 0.3) is 5.95 Å². The molecule has 1 fully saturated rings. The number of rotatable bonds is 3. The maximum Gasteiger partial charge on any atom is 0.257 e. The molecule has 1 aliphatic heterocycles. The van der Waals surface area contributed by atoms with Crippen molar-refractivity contribution in [2.24, 2.45) is 0 Å². The SMILES string of the molecule is CNc1nc(N2CCOCC2)nc(-n2cccn2)n1. The first-order valence-corrected chi connectivity index (χ1v) is 6.13. The van der Waals surface area contributed by atoms with Gasteiger partial charge in [-0.3, -0.25) is 0 Å². The Morgan fingerprint density at radius 3 is 2.63 bits per heavy atom. The number of nitrogens with one attached hydrogen (secondary N) is 1. The zero-order valence-corrected chi connectivity index (χ0v) is 10.7. The predicted octanol–water partition coefficient (Wildman–Crippen LogP) is -0.0644. The molecule has 8 heteroatoms. The fourth-order valence-corrected chi connectivity index (χ4v) is 1.86. The van der Waals surface area contributed by atoms with E-state index in [0.29, 0.717) is 31.1 Å². The van der Waals surface area contributed by atoms with E-state index in [0.717, 1.165) is 13.1 Å². The molecule has 19 heavy (non-hydrogen) atoms. The van der Waals surface area contributed by atoms with Crippen LogP contribution < -0.4 is 10.2 Å². The summed E-state index contributed by atoms with van der Waals surface area (Å²) in [5.74, 6) is 1.68. The Labute approximate surface area is 110 Å². The van der Waals surface area contributed by atoms with Gasteiger partial charge in [-0.05, 0) is 6.07 Å². The molecule has 0 bridgehead atoms. The molecule has 0 radical (unpaired) electrons. The molecule has 1 aliphatic rings. The minimum absolute atomic E-state index is 0.505. The number of hydrogen-bond acceptors (Lipinski definition) is 7. The monoisotopic (exact) mass is 261 g/mol. The smallest absolute Gasteiger partial charge is 0.257 e. The maximum absolute atomic E-state index is 5.33. The van der Waals surface area contributed by atoms with Crippen LogP contribution in [0.3, 0.4) is 0 Å². The van der Waals surface area contributed by atoms with Gasteiger partial charge >= 0.3 is 0 Å². The highest BCUT2D eigenvalue weighted by Crippen LogP contribution is 2.14. The number of hydrogen-bond donors (Lipinski definition) is 1. The molecule has 0 aromatic carbocycles. The first-order valence-electron chi connectivity index (χ1n) is 6.13. The van der Waals surface area contributed by atoms with E-state index in [9.17, 15) is 0 Å². The first kappa shape index (κ1) is 11.8. The van der Waals surface area contributed by atoms with Gasteiger partial charge in [-0.15, -0.1) is 0 Å². The predicted molar refractivity (Wildman–Crippen MR) is 69.5 cm³/mol. The molecule has 0 unspecified atom stereocenters. The van der Waals surface area contributed by atoms with Gasteiger partial charge in [-0.2, -0.15) is 20.1 Å². The molecule has 2 aromatic rings. The van der Waals surface area contributed by atoms with Gasteiger partial charge in [0.1, 0.15) is 0 Å². The normalized spacial score (nSPS) is 15.5. The lowest BCUT2D eigenvalue weighted by Crippen LogP contribution is -2.37. The summed E-state index contributed by atoms with van der Waals surface area (Å²) in [5, 5.41) is 7.09. The van der Waals surface area contributed by atoms with E-state index in [1.165, 1.54) is 0 Å². The summed E-state index contributed by atoms with van der Waals surface area (Å²) >= 11 is 0. The molecule has 3 rings (SSSR count). The van der Waals surface area contributed by atoms with Gasteiger partial charge in [-0.1, -0.05) is 0 Å². The Morgan fingerprint density at radius 1 is 1.16 bits per heavy atom. The Balaban J connectivity index is 1.97. The molecule has 0 atom stereocenters. The van der Waals surface area contributed by atoms with Crippen molar-refractivity contribution in [3.63, 3.8) is 0 Å². The van der Waals surface area contributed by atoms with Gasteiger partial charge in [0.25, 0.3) is 5.95 Å². The number of nitrogens with zero attached hydrogens (tertiary/aromatic N) is 6. The lowest BCUT2D eigenvalue weighted by atomic mass is 10.4. The van der Waals surface area contributed by atoms with Crippen molar-refractivity contribution in [3.8, 4) is 5.95 Å². The topological polar surface area (TPSA) is 81.0 Å². The second-order valence-electron chi connectivity index (χ2n) is 4.06. The van der Waals surface area contributed by atoms with E-state index in [4.69, 9.17) is 4.74 Å². The minimum atomic E-state index is 0.505. The van der Waals surface area contributed by atoms with E-state index >= 15 is 0 Å². The lowest BCUT2D eigenvalue weighted by molar-refractivity contribution is 0.122. The summed E-state index contributed by atoms with van der Waals surface area (Å²) in [4.78, 5) is 15.2. The quantitative estimate of drug-likeness (QED) is 0.828. The van der Waals surface area contributed by atoms with E-state index < -0.39 is 0 Å². The molecule has 3 heterocycles. The van der Waals surface area contributed by atoms with Crippen LogP contribution in [0, 0.1) is 0 Å². The standard InChI is InChI=1S/C11H15N7O/c1-12-9-14-10(17-5-7-19-8-6-17)16-11(15-9)18-4-2-3-13-18/h2-4H,5-8H2,1H3,(H,12,14,15,16). The first-order chi connectivity index (χ1) is 9.36.